The molecular formula is C22H23NO5. The Balaban J connectivity index is 1.80. The van der Waals surface area contributed by atoms with Gasteiger partial charge in [0.05, 0.1) is 11.8 Å². The SMILES string of the molecule is CCCCN1C(=O)C(=O)/C(=C(\O)c2ccc3c(c2)CC(C)O3)C1c1ccco1. The first-order valence-electron chi connectivity index (χ1n) is 9.63. The zero-order valence-corrected chi connectivity index (χ0v) is 16.0. The highest BCUT2D eigenvalue weighted by Gasteiger charge is 2.47. The topological polar surface area (TPSA) is 80.0 Å². The lowest BCUT2D eigenvalue weighted by Crippen LogP contribution is -2.30. The molecule has 0 radical (unpaired) electrons. The van der Waals surface area contributed by atoms with E-state index in [1.54, 1.807) is 24.3 Å². The number of unbranched alkanes of at least 4 members (excludes halogenated alkanes) is 1. The van der Waals surface area contributed by atoms with Gasteiger partial charge in [-0.05, 0) is 49.2 Å². The van der Waals surface area contributed by atoms with E-state index in [0.29, 0.717) is 17.9 Å². The maximum Gasteiger partial charge on any atom is 0.295 e. The Morgan fingerprint density at radius 3 is 2.82 bits per heavy atom. The number of benzene rings is 1. The molecule has 146 valence electrons. The van der Waals surface area contributed by atoms with Crippen LogP contribution < -0.4 is 4.74 Å². The zero-order valence-electron chi connectivity index (χ0n) is 16.0. The van der Waals surface area contributed by atoms with Gasteiger partial charge >= 0.3 is 0 Å². The van der Waals surface area contributed by atoms with Crippen LogP contribution in [0, 0.1) is 0 Å². The quantitative estimate of drug-likeness (QED) is 0.484. The number of rotatable bonds is 5. The van der Waals surface area contributed by atoms with Crippen molar-refractivity contribution in [2.24, 2.45) is 0 Å². The van der Waals surface area contributed by atoms with Gasteiger partial charge in [-0.1, -0.05) is 13.3 Å². The minimum absolute atomic E-state index is 0.0722. The van der Waals surface area contributed by atoms with E-state index in [2.05, 4.69) is 0 Å². The molecule has 0 aliphatic carbocycles. The largest absolute Gasteiger partial charge is 0.507 e. The summed E-state index contributed by atoms with van der Waals surface area (Å²) in [6.07, 6.45) is 3.97. The van der Waals surface area contributed by atoms with Crippen molar-refractivity contribution in [2.75, 3.05) is 6.54 Å². The van der Waals surface area contributed by atoms with Gasteiger partial charge in [-0.25, -0.2) is 0 Å². The Hall–Kier alpha value is -3.02. The molecule has 28 heavy (non-hydrogen) atoms. The van der Waals surface area contributed by atoms with Gasteiger partial charge in [-0.3, -0.25) is 9.59 Å². The molecule has 6 heteroatoms. The summed E-state index contributed by atoms with van der Waals surface area (Å²) >= 11 is 0. The van der Waals surface area contributed by atoms with E-state index in [9.17, 15) is 14.7 Å². The molecule has 2 unspecified atom stereocenters. The van der Waals surface area contributed by atoms with E-state index in [-0.39, 0.29) is 17.4 Å². The molecule has 1 amide bonds. The van der Waals surface area contributed by atoms with Crippen molar-refractivity contribution < 1.29 is 23.8 Å². The first-order valence-corrected chi connectivity index (χ1v) is 9.63. The van der Waals surface area contributed by atoms with Crippen LogP contribution in [0.3, 0.4) is 0 Å². The predicted molar refractivity (Wildman–Crippen MR) is 103 cm³/mol. The number of carbonyl (C=O) groups excluding carboxylic acids is 2. The molecule has 6 nitrogen and oxygen atoms in total. The summed E-state index contributed by atoms with van der Waals surface area (Å²) in [6, 6.07) is 8.05. The molecule has 2 atom stereocenters. The number of ether oxygens (including phenoxy) is 1. The standard InChI is InChI=1S/C22H23NO5/c1-3-4-9-23-19(17-6-5-10-27-17)18(21(25)22(23)26)20(24)14-7-8-16-15(12-14)11-13(2)28-16/h5-8,10,12-13,19,24H,3-4,9,11H2,1-2H3/b20-18-. The van der Waals surface area contributed by atoms with Crippen molar-refractivity contribution in [1.82, 2.24) is 4.90 Å². The summed E-state index contributed by atoms with van der Waals surface area (Å²) < 4.78 is 11.2. The summed E-state index contributed by atoms with van der Waals surface area (Å²) in [7, 11) is 0. The average Bonchev–Trinajstić information content (AvgIpc) is 3.38. The summed E-state index contributed by atoms with van der Waals surface area (Å²) in [5, 5.41) is 11.0. The maximum absolute atomic E-state index is 12.8. The maximum atomic E-state index is 12.8. The van der Waals surface area contributed by atoms with Gasteiger partial charge in [0.1, 0.15) is 29.4 Å². The summed E-state index contributed by atoms with van der Waals surface area (Å²) in [6.45, 7) is 4.43. The molecule has 0 saturated carbocycles. The second-order valence-corrected chi connectivity index (χ2v) is 7.32. The first kappa shape index (κ1) is 18.3. The second kappa shape index (κ2) is 7.19. The number of furan rings is 1. The molecule has 2 aliphatic heterocycles. The number of nitrogens with zero attached hydrogens (tertiary/aromatic N) is 1. The number of amides is 1. The number of hydrogen-bond donors (Lipinski definition) is 1. The highest BCUT2D eigenvalue weighted by atomic mass is 16.5. The van der Waals surface area contributed by atoms with E-state index < -0.39 is 17.7 Å². The lowest BCUT2D eigenvalue weighted by molar-refractivity contribution is -0.140. The van der Waals surface area contributed by atoms with Gasteiger partial charge in [-0.15, -0.1) is 0 Å². The molecule has 1 aromatic carbocycles. The minimum atomic E-state index is -0.718. The molecule has 4 rings (SSSR count). The minimum Gasteiger partial charge on any atom is -0.507 e. The third-order valence-electron chi connectivity index (χ3n) is 5.27. The van der Waals surface area contributed by atoms with Crippen molar-refractivity contribution in [3.63, 3.8) is 0 Å². The number of ketones is 1. The van der Waals surface area contributed by atoms with Crippen LogP contribution in [0.2, 0.25) is 0 Å². The zero-order chi connectivity index (χ0) is 19.8. The number of Topliss-reactive ketones (excluding diaryl/α,β-unsaturated/α-hetero) is 1. The Bertz CT molecular complexity index is 944. The molecule has 0 spiro atoms. The number of carbonyl (C=O) groups is 2. The van der Waals surface area contributed by atoms with Gasteiger partial charge in [0.25, 0.3) is 11.7 Å². The smallest absolute Gasteiger partial charge is 0.295 e. The van der Waals surface area contributed by atoms with Crippen LogP contribution in [-0.2, 0) is 16.0 Å². The Morgan fingerprint density at radius 2 is 2.11 bits per heavy atom. The van der Waals surface area contributed by atoms with E-state index in [0.717, 1.165) is 30.6 Å². The van der Waals surface area contributed by atoms with E-state index in [1.165, 1.54) is 11.2 Å². The average molecular weight is 381 g/mol. The van der Waals surface area contributed by atoms with Crippen LogP contribution in [-0.4, -0.2) is 34.3 Å². The third-order valence-corrected chi connectivity index (χ3v) is 5.27. The number of likely N-dealkylation sites (tertiary alicyclic amines) is 1. The molecule has 2 aromatic rings. The Labute approximate surface area is 163 Å². The van der Waals surface area contributed by atoms with Gasteiger partial charge < -0.3 is 19.2 Å². The molecular weight excluding hydrogens is 358 g/mol. The molecule has 1 aromatic heterocycles. The highest BCUT2D eigenvalue weighted by Crippen LogP contribution is 2.40. The molecule has 1 fully saturated rings. The van der Waals surface area contributed by atoms with Crippen LogP contribution >= 0.6 is 0 Å². The lowest BCUT2D eigenvalue weighted by Gasteiger charge is -2.23. The molecule has 2 aliphatic rings. The van der Waals surface area contributed by atoms with Gasteiger partial charge in [0.15, 0.2) is 0 Å². The number of aliphatic hydroxyl groups is 1. The normalized spacial score (nSPS) is 23.1. The fourth-order valence-electron chi connectivity index (χ4n) is 3.91. The first-order chi connectivity index (χ1) is 13.5. The van der Waals surface area contributed by atoms with Crippen LogP contribution in [0.4, 0.5) is 0 Å². The van der Waals surface area contributed by atoms with Crippen molar-refractivity contribution in [3.05, 3.63) is 59.1 Å². The lowest BCUT2D eigenvalue weighted by atomic mass is 9.97. The molecule has 1 N–H and O–H groups in total. The van der Waals surface area contributed by atoms with Crippen LogP contribution in [0.5, 0.6) is 5.75 Å². The predicted octanol–water partition coefficient (Wildman–Crippen LogP) is 3.82. The monoisotopic (exact) mass is 381 g/mol. The van der Waals surface area contributed by atoms with E-state index >= 15 is 0 Å². The number of fused-ring (bicyclic) bond motifs is 1. The summed E-state index contributed by atoms with van der Waals surface area (Å²) in [4.78, 5) is 27.0. The van der Waals surface area contributed by atoms with Gasteiger partial charge in [0, 0.05) is 18.5 Å². The Kier molecular flexibility index (Phi) is 4.71. The van der Waals surface area contributed by atoms with Crippen LogP contribution in [0.25, 0.3) is 5.76 Å². The van der Waals surface area contributed by atoms with Crippen LogP contribution in [0.15, 0.2) is 46.6 Å². The molecule has 1 saturated heterocycles. The van der Waals surface area contributed by atoms with Crippen molar-refractivity contribution in [1.29, 1.82) is 0 Å². The number of aliphatic hydroxyl groups excluding tert-OH is 1. The Morgan fingerprint density at radius 1 is 1.29 bits per heavy atom. The fourth-order valence-corrected chi connectivity index (χ4v) is 3.91. The summed E-state index contributed by atoms with van der Waals surface area (Å²) in [5.74, 6) is -0.208. The van der Waals surface area contributed by atoms with E-state index in [4.69, 9.17) is 9.15 Å². The third kappa shape index (κ3) is 2.99. The van der Waals surface area contributed by atoms with Crippen molar-refractivity contribution >= 4 is 17.4 Å². The fraction of sp³-hybridized carbons (Fsp3) is 0.364. The molecule has 3 heterocycles. The molecule has 0 bridgehead atoms. The second-order valence-electron chi connectivity index (χ2n) is 7.32. The number of hydrogen-bond acceptors (Lipinski definition) is 5. The van der Waals surface area contributed by atoms with Gasteiger partial charge in [0.2, 0.25) is 0 Å². The van der Waals surface area contributed by atoms with Gasteiger partial charge in [-0.2, -0.15) is 0 Å². The summed E-state index contributed by atoms with van der Waals surface area (Å²) in [5.41, 5.74) is 1.55. The van der Waals surface area contributed by atoms with Crippen LogP contribution in [0.1, 0.15) is 49.6 Å². The van der Waals surface area contributed by atoms with Crippen molar-refractivity contribution in [2.45, 2.75) is 45.3 Å². The van der Waals surface area contributed by atoms with E-state index in [1.807, 2.05) is 19.9 Å². The van der Waals surface area contributed by atoms with Crippen molar-refractivity contribution in [3.8, 4) is 5.75 Å². The highest BCUT2D eigenvalue weighted by molar-refractivity contribution is 6.46.